The third kappa shape index (κ3) is 1.59. The lowest BCUT2D eigenvalue weighted by Gasteiger charge is -1.93. The highest BCUT2D eigenvalue weighted by Gasteiger charge is 2.05. The molecule has 2 rings (SSSR count). The Hall–Kier alpha value is -1.83. The second-order valence-electron chi connectivity index (χ2n) is 3.18. The standard InChI is InChI=1S/C12H11NO/c1-9(2)11-8-13-12(14-11)10-6-4-3-5-7-10/h3-8H,1H2,2H3. The van der Waals surface area contributed by atoms with Gasteiger partial charge in [-0.25, -0.2) is 4.98 Å². The first-order valence-corrected chi connectivity index (χ1v) is 4.44. The number of allylic oxidation sites excluding steroid dienone is 1. The molecule has 0 aliphatic carbocycles. The minimum absolute atomic E-state index is 0.642. The average molecular weight is 185 g/mol. The molecular weight excluding hydrogens is 174 g/mol. The van der Waals surface area contributed by atoms with E-state index in [1.807, 2.05) is 37.3 Å². The van der Waals surface area contributed by atoms with E-state index in [1.165, 1.54) is 0 Å². The Kier molecular flexibility index (Phi) is 2.19. The molecule has 2 nitrogen and oxygen atoms in total. The second-order valence-corrected chi connectivity index (χ2v) is 3.18. The summed E-state index contributed by atoms with van der Waals surface area (Å²) in [6.07, 6.45) is 1.70. The van der Waals surface area contributed by atoms with Crippen LogP contribution >= 0.6 is 0 Å². The predicted octanol–water partition coefficient (Wildman–Crippen LogP) is 3.37. The Morgan fingerprint density at radius 3 is 2.57 bits per heavy atom. The van der Waals surface area contributed by atoms with E-state index in [4.69, 9.17) is 4.42 Å². The van der Waals surface area contributed by atoms with Crippen molar-refractivity contribution in [1.82, 2.24) is 4.98 Å². The van der Waals surface area contributed by atoms with Gasteiger partial charge >= 0.3 is 0 Å². The fourth-order valence-corrected chi connectivity index (χ4v) is 1.19. The van der Waals surface area contributed by atoms with Crippen molar-refractivity contribution in [2.24, 2.45) is 0 Å². The lowest BCUT2D eigenvalue weighted by molar-refractivity contribution is 0.560. The van der Waals surface area contributed by atoms with E-state index < -0.39 is 0 Å². The van der Waals surface area contributed by atoms with Gasteiger partial charge in [0.05, 0.1) is 6.20 Å². The van der Waals surface area contributed by atoms with Crippen LogP contribution in [0.4, 0.5) is 0 Å². The fourth-order valence-electron chi connectivity index (χ4n) is 1.19. The van der Waals surface area contributed by atoms with Gasteiger partial charge in [0.1, 0.15) is 5.76 Å². The first-order valence-electron chi connectivity index (χ1n) is 4.44. The van der Waals surface area contributed by atoms with E-state index >= 15 is 0 Å². The summed E-state index contributed by atoms with van der Waals surface area (Å²) in [6, 6.07) is 9.81. The van der Waals surface area contributed by atoms with Crippen LogP contribution in [0.15, 0.2) is 47.5 Å². The van der Waals surface area contributed by atoms with Crippen molar-refractivity contribution in [1.29, 1.82) is 0 Å². The number of hydrogen-bond acceptors (Lipinski definition) is 2. The van der Waals surface area contributed by atoms with E-state index in [0.717, 1.165) is 16.9 Å². The Morgan fingerprint density at radius 1 is 1.29 bits per heavy atom. The molecule has 0 unspecified atom stereocenters. The summed E-state index contributed by atoms with van der Waals surface area (Å²) in [4.78, 5) is 4.18. The number of benzene rings is 1. The first-order chi connectivity index (χ1) is 6.77. The molecule has 2 aromatic rings. The Labute approximate surface area is 82.9 Å². The Balaban J connectivity index is 2.39. The van der Waals surface area contributed by atoms with Crippen LogP contribution in [0.3, 0.4) is 0 Å². The smallest absolute Gasteiger partial charge is 0.226 e. The molecule has 0 N–H and O–H groups in total. The number of rotatable bonds is 2. The minimum atomic E-state index is 0.642. The van der Waals surface area contributed by atoms with Crippen LogP contribution in [0.5, 0.6) is 0 Å². The van der Waals surface area contributed by atoms with Gasteiger partial charge in [0.25, 0.3) is 0 Å². The number of nitrogens with zero attached hydrogens (tertiary/aromatic N) is 1. The fraction of sp³-hybridized carbons (Fsp3) is 0.0833. The summed E-state index contributed by atoms with van der Waals surface area (Å²) in [7, 11) is 0. The second kappa shape index (κ2) is 3.50. The molecule has 0 aliphatic rings. The van der Waals surface area contributed by atoms with Gasteiger partial charge in [-0.2, -0.15) is 0 Å². The van der Waals surface area contributed by atoms with Gasteiger partial charge in [0.15, 0.2) is 0 Å². The van der Waals surface area contributed by atoms with Gasteiger partial charge in [-0.1, -0.05) is 24.8 Å². The van der Waals surface area contributed by atoms with E-state index in [1.54, 1.807) is 6.20 Å². The van der Waals surface area contributed by atoms with Crippen molar-refractivity contribution in [2.75, 3.05) is 0 Å². The topological polar surface area (TPSA) is 26.0 Å². The van der Waals surface area contributed by atoms with E-state index in [2.05, 4.69) is 11.6 Å². The zero-order chi connectivity index (χ0) is 9.97. The maximum atomic E-state index is 5.52. The molecule has 1 aromatic carbocycles. The van der Waals surface area contributed by atoms with Gasteiger partial charge < -0.3 is 4.42 Å². The van der Waals surface area contributed by atoms with Crippen LogP contribution in [0.1, 0.15) is 12.7 Å². The molecule has 0 fully saturated rings. The van der Waals surface area contributed by atoms with Crippen LogP contribution in [-0.2, 0) is 0 Å². The van der Waals surface area contributed by atoms with Crippen LogP contribution in [0.2, 0.25) is 0 Å². The monoisotopic (exact) mass is 185 g/mol. The van der Waals surface area contributed by atoms with Gasteiger partial charge in [-0.05, 0) is 24.6 Å². The van der Waals surface area contributed by atoms with Gasteiger partial charge in [-0.15, -0.1) is 0 Å². The minimum Gasteiger partial charge on any atom is -0.437 e. The SMILES string of the molecule is C=C(C)c1cnc(-c2ccccc2)o1. The van der Waals surface area contributed by atoms with E-state index in [-0.39, 0.29) is 0 Å². The van der Waals surface area contributed by atoms with Crippen LogP contribution in [-0.4, -0.2) is 4.98 Å². The van der Waals surface area contributed by atoms with E-state index in [0.29, 0.717) is 5.89 Å². The van der Waals surface area contributed by atoms with Gasteiger partial charge in [0.2, 0.25) is 5.89 Å². The van der Waals surface area contributed by atoms with Crippen molar-refractivity contribution in [2.45, 2.75) is 6.92 Å². The Bertz CT molecular complexity index is 442. The molecule has 0 radical (unpaired) electrons. The van der Waals surface area contributed by atoms with Crippen molar-refractivity contribution in [3.63, 3.8) is 0 Å². The maximum absolute atomic E-state index is 5.52. The van der Waals surface area contributed by atoms with Crippen molar-refractivity contribution >= 4 is 5.57 Å². The predicted molar refractivity (Wildman–Crippen MR) is 56.6 cm³/mol. The Morgan fingerprint density at radius 2 is 2.00 bits per heavy atom. The zero-order valence-corrected chi connectivity index (χ0v) is 8.03. The third-order valence-corrected chi connectivity index (χ3v) is 1.95. The van der Waals surface area contributed by atoms with Crippen LogP contribution < -0.4 is 0 Å². The lowest BCUT2D eigenvalue weighted by atomic mass is 10.2. The number of oxazole rings is 1. The highest BCUT2D eigenvalue weighted by Crippen LogP contribution is 2.21. The lowest BCUT2D eigenvalue weighted by Crippen LogP contribution is -1.73. The van der Waals surface area contributed by atoms with E-state index in [9.17, 15) is 0 Å². The van der Waals surface area contributed by atoms with Crippen molar-refractivity contribution in [3.8, 4) is 11.5 Å². The molecule has 0 amide bonds. The molecule has 0 saturated carbocycles. The summed E-state index contributed by atoms with van der Waals surface area (Å²) in [6.45, 7) is 5.70. The molecule has 0 aliphatic heterocycles. The summed E-state index contributed by atoms with van der Waals surface area (Å²) >= 11 is 0. The summed E-state index contributed by atoms with van der Waals surface area (Å²) in [5.74, 6) is 1.38. The molecule has 14 heavy (non-hydrogen) atoms. The van der Waals surface area contributed by atoms with Gasteiger partial charge in [0, 0.05) is 5.56 Å². The molecule has 1 aromatic heterocycles. The van der Waals surface area contributed by atoms with Gasteiger partial charge in [-0.3, -0.25) is 0 Å². The average Bonchev–Trinajstić information content (AvgIpc) is 2.68. The number of aromatic nitrogens is 1. The summed E-state index contributed by atoms with van der Waals surface area (Å²) in [5.41, 5.74) is 1.87. The third-order valence-electron chi connectivity index (χ3n) is 1.95. The molecule has 2 heteroatoms. The van der Waals surface area contributed by atoms with Crippen LogP contribution in [0.25, 0.3) is 17.0 Å². The molecule has 0 saturated heterocycles. The van der Waals surface area contributed by atoms with Crippen molar-refractivity contribution in [3.05, 3.63) is 48.9 Å². The van der Waals surface area contributed by atoms with Crippen LogP contribution in [0, 0.1) is 0 Å². The summed E-state index contributed by atoms with van der Waals surface area (Å²) < 4.78 is 5.52. The molecule has 0 atom stereocenters. The molecular formula is C12H11NO. The number of hydrogen-bond donors (Lipinski definition) is 0. The first kappa shape index (κ1) is 8.75. The summed E-state index contributed by atoms with van der Waals surface area (Å²) in [5, 5.41) is 0. The normalized spacial score (nSPS) is 10.1. The highest BCUT2D eigenvalue weighted by molar-refractivity contribution is 5.59. The molecule has 1 heterocycles. The molecule has 0 spiro atoms. The zero-order valence-electron chi connectivity index (χ0n) is 8.03. The quantitative estimate of drug-likeness (QED) is 0.716. The van der Waals surface area contributed by atoms with Crippen molar-refractivity contribution < 1.29 is 4.42 Å². The molecule has 0 bridgehead atoms. The maximum Gasteiger partial charge on any atom is 0.226 e. The molecule has 70 valence electrons. The largest absolute Gasteiger partial charge is 0.437 e. The highest BCUT2D eigenvalue weighted by atomic mass is 16.4.